The number of hydrogen-bond donors (Lipinski definition) is 1. The van der Waals surface area contributed by atoms with Crippen LogP contribution in [-0.2, 0) is 4.79 Å². The second kappa shape index (κ2) is 8.26. The van der Waals surface area contributed by atoms with Crippen LogP contribution in [0.25, 0.3) is 11.3 Å². The molecule has 2 heterocycles. The minimum atomic E-state index is -0.633. The van der Waals surface area contributed by atoms with Crippen molar-refractivity contribution >= 4 is 23.2 Å². The van der Waals surface area contributed by atoms with Gasteiger partial charge in [-0.3, -0.25) is 9.59 Å². The van der Waals surface area contributed by atoms with Gasteiger partial charge < -0.3 is 19.5 Å². The van der Waals surface area contributed by atoms with Gasteiger partial charge in [0.1, 0.15) is 12.4 Å². The standard InChI is InChI=1S/C24H25N3O4/c1-4-12-27-19-11-10-17(13-21(19)30-15-24(2,3)23(27)29)25-22(28)18-14-20(31-26-18)16-8-6-5-7-9-16/h5-11,13-14H,4,12,15H2,1-3H3,(H,25,28). The van der Waals surface area contributed by atoms with E-state index in [4.69, 9.17) is 9.26 Å². The van der Waals surface area contributed by atoms with Crippen molar-refractivity contribution in [3.63, 3.8) is 0 Å². The van der Waals surface area contributed by atoms with E-state index in [1.165, 1.54) is 0 Å². The number of anilines is 2. The van der Waals surface area contributed by atoms with Gasteiger partial charge >= 0.3 is 0 Å². The number of benzene rings is 2. The molecule has 1 aliphatic rings. The Kier molecular flexibility index (Phi) is 5.50. The lowest BCUT2D eigenvalue weighted by atomic mass is 9.93. The van der Waals surface area contributed by atoms with Gasteiger partial charge in [0.05, 0.1) is 11.1 Å². The Morgan fingerprint density at radius 1 is 1.16 bits per heavy atom. The van der Waals surface area contributed by atoms with Crippen LogP contribution in [0.2, 0.25) is 0 Å². The predicted molar refractivity (Wildman–Crippen MR) is 118 cm³/mol. The first-order valence-electron chi connectivity index (χ1n) is 10.3. The molecule has 2 amide bonds. The normalized spacial score (nSPS) is 15.1. The summed E-state index contributed by atoms with van der Waals surface area (Å²) in [5, 5.41) is 6.71. The Bertz CT molecular complexity index is 1110. The highest BCUT2D eigenvalue weighted by Gasteiger charge is 2.37. The van der Waals surface area contributed by atoms with E-state index in [0.717, 1.165) is 12.0 Å². The second-order valence-corrected chi connectivity index (χ2v) is 8.21. The van der Waals surface area contributed by atoms with Gasteiger partial charge in [-0.2, -0.15) is 0 Å². The summed E-state index contributed by atoms with van der Waals surface area (Å²) in [5.41, 5.74) is 1.65. The predicted octanol–water partition coefficient (Wildman–Crippen LogP) is 4.76. The van der Waals surface area contributed by atoms with E-state index in [-0.39, 0.29) is 24.1 Å². The minimum Gasteiger partial charge on any atom is -0.490 e. The molecule has 4 rings (SSSR count). The molecule has 1 aromatic heterocycles. The molecule has 0 radical (unpaired) electrons. The number of ether oxygens (including phenoxy) is 1. The van der Waals surface area contributed by atoms with E-state index in [1.807, 2.05) is 51.1 Å². The highest BCUT2D eigenvalue weighted by molar-refractivity contribution is 6.04. The highest BCUT2D eigenvalue weighted by atomic mass is 16.5. The zero-order chi connectivity index (χ0) is 22.0. The number of hydrogen-bond acceptors (Lipinski definition) is 5. The van der Waals surface area contributed by atoms with Crippen LogP contribution in [0.1, 0.15) is 37.7 Å². The third-order valence-corrected chi connectivity index (χ3v) is 5.17. The van der Waals surface area contributed by atoms with Crippen molar-refractivity contribution in [1.82, 2.24) is 5.16 Å². The summed E-state index contributed by atoms with van der Waals surface area (Å²) in [6.07, 6.45) is 0.829. The summed E-state index contributed by atoms with van der Waals surface area (Å²) in [7, 11) is 0. The first-order valence-corrected chi connectivity index (χ1v) is 10.3. The summed E-state index contributed by atoms with van der Waals surface area (Å²) in [6.45, 7) is 6.65. The van der Waals surface area contributed by atoms with Crippen LogP contribution >= 0.6 is 0 Å². The Hall–Kier alpha value is -3.61. The van der Waals surface area contributed by atoms with Crippen molar-refractivity contribution < 1.29 is 18.8 Å². The van der Waals surface area contributed by atoms with Gasteiger partial charge in [-0.05, 0) is 32.4 Å². The van der Waals surface area contributed by atoms with Gasteiger partial charge in [0.2, 0.25) is 5.91 Å². The molecule has 1 aliphatic heterocycles. The van der Waals surface area contributed by atoms with E-state index in [2.05, 4.69) is 10.5 Å². The third kappa shape index (κ3) is 4.17. The lowest BCUT2D eigenvalue weighted by Gasteiger charge is -2.27. The number of nitrogens with zero attached hydrogens (tertiary/aromatic N) is 2. The fourth-order valence-corrected chi connectivity index (χ4v) is 3.49. The average molecular weight is 419 g/mol. The summed E-state index contributed by atoms with van der Waals surface area (Å²) in [4.78, 5) is 27.4. The summed E-state index contributed by atoms with van der Waals surface area (Å²) in [6, 6.07) is 16.4. The van der Waals surface area contributed by atoms with E-state index in [1.54, 1.807) is 29.2 Å². The van der Waals surface area contributed by atoms with Crippen molar-refractivity contribution in [2.24, 2.45) is 5.41 Å². The minimum absolute atomic E-state index is 0.0286. The van der Waals surface area contributed by atoms with Gasteiger partial charge in [-0.15, -0.1) is 0 Å². The SMILES string of the molecule is CCCN1C(=O)C(C)(C)COc2cc(NC(=O)c3cc(-c4ccccc4)on3)ccc21. The van der Waals surface area contributed by atoms with Crippen molar-refractivity contribution in [1.29, 1.82) is 0 Å². The molecule has 0 saturated carbocycles. The first kappa shape index (κ1) is 20.7. The molecule has 0 saturated heterocycles. The lowest BCUT2D eigenvalue weighted by molar-refractivity contribution is -0.127. The largest absolute Gasteiger partial charge is 0.490 e. The summed E-state index contributed by atoms with van der Waals surface area (Å²) < 4.78 is 11.3. The smallest absolute Gasteiger partial charge is 0.277 e. The van der Waals surface area contributed by atoms with Gasteiger partial charge in [0.25, 0.3) is 5.91 Å². The van der Waals surface area contributed by atoms with E-state index >= 15 is 0 Å². The maximum absolute atomic E-state index is 12.9. The molecule has 0 atom stereocenters. The van der Waals surface area contributed by atoms with Gasteiger partial charge in [-0.25, -0.2) is 0 Å². The lowest BCUT2D eigenvalue weighted by Crippen LogP contribution is -2.42. The molecule has 0 bridgehead atoms. The van der Waals surface area contributed by atoms with Crippen LogP contribution in [0.15, 0.2) is 59.1 Å². The number of nitrogens with one attached hydrogen (secondary N) is 1. The first-order chi connectivity index (χ1) is 14.9. The quantitative estimate of drug-likeness (QED) is 0.645. The van der Waals surface area contributed by atoms with Crippen molar-refractivity contribution in [2.75, 3.05) is 23.4 Å². The van der Waals surface area contributed by atoms with Crippen LogP contribution < -0.4 is 15.0 Å². The molecule has 0 unspecified atom stereocenters. The number of aromatic nitrogens is 1. The van der Waals surface area contributed by atoms with Crippen LogP contribution in [0, 0.1) is 5.41 Å². The Morgan fingerprint density at radius 3 is 2.68 bits per heavy atom. The fraction of sp³-hybridized carbons (Fsp3) is 0.292. The Balaban J connectivity index is 1.56. The monoisotopic (exact) mass is 419 g/mol. The van der Waals surface area contributed by atoms with Crippen molar-refractivity contribution in [2.45, 2.75) is 27.2 Å². The molecular weight excluding hydrogens is 394 g/mol. The van der Waals surface area contributed by atoms with Gasteiger partial charge in [0, 0.05) is 29.9 Å². The Labute approximate surface area is 181 Å². The van der Waals surface area contributed by atoms with E-state index in [9.17, 15) is 9.59 Å². The van der Waals surface area contributed by atoms with Crippen LogP contribution in [0.4, 0.5) is 11.4 Å². The molecule has 7 nitrogen and oxygen atoms in total. The topological polar surface area (TPSA) is 84.7 Å². The zero-order valence-corrected chi connectivity index (χ0v) is 17.8. The molecule has 0 fully saturated rings. The maximum Gasteiger partial charge on any atom is 0.277 e. The molecule has 2 aromatic carbocycles. The van der Waals surface area contributed by atoms with Gasteiger partial charge in [-0.1, -0.05) is 42.4 Å². The van der Waals surface area contributed by atoms with Crippen molar-refractivity contribution in [3.8, 4) is 17.1 Å². The number of rotatable bonds is 5. The average Bonchev–Trinajstić information content (AvgIpc) is 3.24. The molecule has 0 aliphatic carbocycles. The molecule has 31 heavy (non-hydrogen) atoms. The van der Waals surface area contributed by atoms with Crippen LogP contribution in [-0.4, -0.2) is 30.1 Å². The molecule has 3 aromatic rings. The number of carbonyl (C=O) groups is 2. The number of fused-ring (bicyclic) bond motifs is 1. The zero-order valence-electron chi connectivity index (χ0n) is 17.8. The highest BCUT2D eigenvalue weighted by Crippen LogP contribution is 2.38. The fourth-order valence-electron chi connectivity index (χ4n) is 3.49. The third-order valence-electron chi connectivity index (χ3n) is 5.17. The summed E-state index contributed by atoms with van der Waals surface area (Å²) in [5.74, 6) is 0.726. The van der Waals surface area contributed by atoms with Crippen LogP contribution in [0.3, 0.4) is 0 Å². The van der Waals surface area contributed by atoms with E-state index < -0.39 is 5.41 Å². The molecular formula is C24H25N3O4. The number of amides is 2. The Morgan fingerprint density at radius 2 is 1.94 bits per heavy atom. The molecule has 160 valence electrons. The van der Waals surface area contributed by atoms with Crippen LogP contribution in [0.5, 0.6) is 5.75 Å². The number of carbonyl (C=O) groups excluding carboxylic acids is 2. The molecule has 0 spiro atoms. The molecule has 1 N–H and O–H groups in total. The van der Waals surface area contributed by atoms with Gasteiger partial charge in [0.15, 0.2) is 11.5 Å². The second-order valence-electron chi connectivity index (χ2n) is 8.21. The molecule has 7 heteroatoms. The summed E-state index contributed by atoms with van der Waals surface area (Å²) >= 11 is 0. The van der Waals surface area contributed by atoms with E-state index in [0.29, 0.717) is 29.4 Å². The van der Waals surface area contributed by atoms with Crippen molar-refractivity contribution in [3.05, 3.63) is 60.3 Å². The maximum atomic E-state index is 12.9.